The summed E-state index contributed by atoms with van der Waals surface area (Å²) in [5, 5.41) is 29.6. The van der Waals surface area contributed by atoms with Gasteiger partial charge in [-0.15, -0.1) is 0 Å². The van der Waals surface area contributed by atoms with Gasteiger partial charge in [-0.1, -0.05) is 112 Å². The van der Waals surface area contributed by atoms with E-state index in [1.54, 1.807) is 24.3 Å². The second kappa shape index (κ2) is 27.8. The Morgan fingerprint density at radius 1 is 0.675 bits per heavy atom. The van der Waals surface area contributed by atoms with Gasteiger partial charge < -0.3 is 24.8 Å². The van der Waals surface area contributed by atoms with Gasteiger partial charge in [-0.2, -0.15) is 0 Å². The molecule has 40 heavy (non-hydrogen) atoms. The van der Waals surface area contributed by atoms with E-state index in [1.807, 2.05) is 48.6 Å². The molecule has 0 spiro atoms. The molecule has 0 amide bonds. The van der Waals surface area contributed by atoms with Crippen molar-refractivity contribution in [1.82, 2.24) is 0 Å². The van der Waals surface area contributed by atoms with Crippen molar-refractivity contribution < 1.29 is 34.4 Å². The molecular weight excluding hydrogens is 508 g/mol. The summed E-state index contributed by atoms with van der Waals surface area (Å²) >= 11 is 0. The van der Waals surface area contributed by atoms with Crippen LogP contribution in [0.4, 0.5) is 0 Å². The van der Waals surface area contributed by atoms with Crippen LogP contribution in [0.25, 0.3) is 0 Å². The number of ether oxygens (including phenoxy) is 2. The summed E-state index contributed by atoms with van der Waals surface area (Å²) in [4.78, 5) is 23.5. The van der Waals surface area contributed by atoms with Gasteiger partial charge in [0.05, 0.1) is 12.2 Å². The maximum Gasteiger partial charge on any atom is 0.305 e. The average Bonchev–Trinajstić information content (AvgIpc) is 2.93. The van der Waals surface area contributed by atoms with Crippen LogP contribution in [0.5, 0.6) is 0 Å². The van der Waals surface area contributed by atoms with Crippen molar-refractivity contribution >= 4 is 11.9 Å². The molecule has 0 saturated carbocycles. The third kappa shape index (κ3) is 26.9. The molecule has 0 aromatic rings. The summed E-state index contributed by atoms with van der Waals surface area (Å²) in [6.45, 7) is 3.81. The van der Waals surface area contributed by atoms with Crippen LogP contribution in [0.15, 0.2) is 72.9 Å². The predicted molar refractivity (Wildman–Crippen MR) is 162 cm³/mol. The third-order valence-corrected chi connectivity index (χ3v) is 5.63. The number of hydrogen-bond acceptors (Lipinski definition) is 7. The molecule has 0 aliphatic heterocycles. The van der Waals surface area contributed by atoms with Gasteiger partial charge >= 0.3 is 11.9 Å². The fourth-order valence-electron chi connectivity index (χ4n) is 3.35. The van der Waals surface area contributed by atoms with Crippen LogP contribution >= 0.6 is 0 Å². The molecule has 0 bridgehead atoms. The Kier molecular flexibility index (Phi) is 25.9. The molecule has 0 heterocycles. The first kappa shape index (κ1) is 37.3. The number of carbonyl (C=O) groups is 2. The molecule has 226 valence electrons. The maximum atomic E-state index is 11.8. The Morgan fingerprint density at radius 2 is 1.30 bits per heavy atom. The fourth-order valence-corrected chi connectivity index (χ4v) is 3.35. The lowest BCUT2D eigenvalue weighted by Crippen LogP contribution is -2.25. The first-order valence-electron chi connectivity index (χ1n) is 14.7. The number of esters is 2. The van der Waals surface area contributed by atoms with Crippen molar-refractivity contribution in [2.75, 3.05) is 13.2 Å². The number of aliphatic hydroxyl groups is 3. The minimum Gasteiger partial charge on any atom is -0.463 e. The smallest absolute Gasteiger partial charge is 0.305 e. The van der Waals surface area contributed by atoms with Gasteiger partial charge in [-0.3, -0.25) is 9.59 Å². The van der Waals surface area contributed by atoms with Gasteiger partial charge in [-0.25, -0.2) is 0 Å². The second-order valence-corrected chi connectivity index (χ2v) is 9.54. The summed E-state index contributed by atoms with van der Waals surface area (Å²) in [7, 11) is 0. The summed E-state index contributed by atoms with van der Waals surface area (Å²) in [5.74, 6) is -0.767. The Morgan fingerprint density at radius 3 is 1.95 bits per heavy atom. The first-order chi connectivity index (χ1) is 19.4. The van der Waals surface area contributed by atoms with Crippen molar-refractivity contribution in [2.24, 2.45) is 0 Å². The number of aliphatic hydroxyl groups excluding tert-OH is 3. The van der Waals surface area contributed by atoms with Gasteiger partial charge in [0.2, 0.25) is 0 Å². The van der Waals surface area contributed by atoms with E-state index in [9.17, 15) is 24.9 Å². The highest BCUT2D eigenvalue weighted by atomic mass is 16.6. The number of unbranched alkanes of at least 4 members (excludes halogenated alkanes) is 5. The highest BCUT2D eigenvalue weighted by molar-refractivity contribution is 5.69. The summed E-state index contributed by atoms with van der Waals surface area (Å²) in [6, 6.07) is 0. The number of hydrogen-bond donors (Lipinski definition) is 3. The van der Waals surface area contributed by atoms with Crippen molar-refractivity contribution in [3.8, 4) is 0 Å². The van der Waals surface area contributed by atoms with Crippen molar-refractivity contribution in [3.63, 3.8) is 0 Å². The predicted octanol–water partition coefficient (Wildman–Crippen LogP) is 6.21. The lowest BCUT2D eigenvalue weighted by molar-refractivity contribution is -0.152. The van der Waals surface area contributed by atoms with E-state index in [1.165, 1.54) is 0 Å². The molecule has 0 aliphatic carbocycles. The number of allylic oxidation sites excluding steroid dienone is 8. The van der Waals surface area contributed by atoms with Crippen LogP contribution in [0, 0.1) is 0 Å². The van der Waals surface area contributed by atoms with Crippen LogP contribution in [-0.2, 0) is 19.1 Å². The SMILES string of the molecule is CC/C=C\C[C@@H](O)/C=C/C=C\C/C=C\C=C\[C@@H](O)/C=C\CCCC(=O)OC[C@@H](O)COC(=O)CCCCCCC. The van der Waals surface area contributed by atoms with E-state index in [0.29, 0.717) is 25.7 Å². The van der Waals surface area contributed by atoms with Crippen LogP contribution in [0.2, 0.25) is 0 Å². The number of carbonyl (C=O) groups excluding carboxylic acids is 2. The third-order valence-electron chi connectivity index (χ3n) is 5.63. The minimum absolute atomic E-state index is 0.180. The standard InChI is InChI=1S/C33H52O7/c1-3-5-7-11-19-25-32(37)39-27-31(36)28-40-33(38)26-20-14-18-24-30(35)23-17-13-10-8-9-12-16-22-29(34)21-15-6-4-2/h6,9-10,12-13,15-18,22-24,29-31,34-36H,3-5,7-8,11,14,19-21,25-28H2,1-2H3/b12-9-,13-10-,15-6-,22-16+,23-17+,24-18-/t29-,30-,31+/m1/s1. The Labute approximate surface area is 241 Å². The van der Waals surface area contributed by atoms with Gasteiger partial charge in [0, 0.05) is 12.8 Å². The molecule has 7 nitrogen and oxygen atoms in total. The van der Waals surface area contributed by atoms with E-state index < -0.39 is 24.3 Å². The van der Waals surface area contributed by atoms with Crippen molar-refractivity contribution in [2.45, 2.75) is 109 Å². The molecule has 0 rings (SSSR count). The second-order valence-electron chi connectivity index (χ2n) is 9.54. The molecule has 3 N–H and O–H groups in total. The highest BCUT2D eigenvalue weighted by Gasteiger charge is 2.11. The quantitative estimate of drug-likeness (QED) is 0.0556. The van der Waals surface area contributed by atoms with E-state index in [2.05, 4.69) is 13.8 Å². The van der Waals surface area contributed by atoms with Crippen molar-refractivity contribution in [1.29, 1.82) is 0 Å². The van der Waals surface area contributed by atoms with E-state index in [0.717, 1.165) is 44.9 Å². The zero-order valence-corrected chi connectivity index (χ0v) is 24.5. The minimum atomic E-state index is -1.03. The maximum absolute atomic E-state index is 11.8. The topological polar surface area (TPSA) is 113 Å². The summed E-state index contributed by atoms with van der Waals surface area (Å²) in [6.07, 6.45) is 29.2. The van der Waals surface area contributed by atoms with E-state index >= 15 is 0 Å². The lowest BCUT2D eigenvalue weighted by atomic mass is 10.1. The highest BCUT2D eigenvalue weighted by Crippen LogP contribution is 2.06. The Balaban J connectivity index is 3.87. The molecule has 0 unspecified atom stereocenters. The van der Waals surface area contributed by atoms with Crippen LogP contribution < -0.4 is 0 Å². The van der Waals surface area contributed by atoms with Gasteiger partial charge in [0.15, 0.2) is 0 Å². The molecule has 0 fully saturated rings. The summed E-state index contributed by atoms with van der Waals surface area (Å²) < 4.78 is 10.1. The van der Waals surface area contributed by atoms with Crippen LogP contribution in [0.1, 0.15) is 90.9 Å². The lowest BCUT2D eigenvalue weighted by Gasteiger charge is -2.12. The number of rotatable bonds is 24. The van der Waals surface area contributed by atoms with Gasteiger partial charge in [0.25, 0.3) is 0 Å². The molecule has 0 aromatic heterocycles. The zero-order chi connectivity index (χ0) is 29.7. The van der Waals surface area contributed by atoms with Gasteiger partial charge in [0.1, 0.15) is 19.3 Å². The zero-order valence-electron chi connectivity index (χ0n) is 24.5. The summed E-state index contributed by atoms with van der Waals surface area (Å²) in [5.41, 5.74) is 0. The van der Waals surface area contributed by atoms with Crippen LogP contribution in [0.3, 0.4) is 0 Å². The Hall–Kier alpha value is -2.74. The van der Waals surface area contributed by atoms with Crippen LogP contribution in [-0.4, -0.2) is 58.8 Å². The normalized spacial score (nSPS) is 14.8. The molecule has 3 atom stereocenters. The molecule has 0 saturated heterocycles. The monoisotopic (exact) mass is 560 g/mol. The molecule has 0 aliphatic rings. The molecule has 7 heteroatoms. The van der Waals surface area contributed by atoms with E-state index in [-0.39, 0.29) is 25.6 Å². The largest absolute Gasteiger partial charge is 0.463 e. The molecule has 0 radical (unpaired) electrons. The molecule has 0 aromatic carbocycles. The van der Waals surface area contributed by atoms with Crippen molar-refractivity contribution in [3.05, 3.63) is 72.9 Å². The van der Waals surface area contributed by atoms with Gasteiger partial charge in [-0.05, 0) is 38.5 Å². The molecular formula is C33H52O7. The van der Waals surface area contributed by atoms with E-state index in [4.69, 9.17) is 9.47 Å². The first-order valence-corrected chi connectivity index (χ1v) is 14.7. The average molecular weight is 561 g/mol. The Bertz CT molecular complexity index is 808. The fraction of sp³-hybridized carbons (Fsp3) is 0.576.